The molecular weight excluding hydrogens is 358 g/mol. The van der Waals surface area contributed by atoms with Crippen LogP contribution in [0.2, 0.25) is 0 Å². The van der Waals surface area contributed by atoms with Gasteiger partial charge in [0.1, 0.15) is 6.54 Å². The molecule has 0 saturated carbocycles. The van der Waals surface area contributed by atoms with Crippen molar-refractivity contribution in [2.24, 2.45) is 5.18 Å². The number of benzene rings is 2. The Morgan fingerprint density at radius 2 is 1.31 bits per heavy atom. The third-order valence-electron chi connectivity index (χ3n) is 6.53. The van der Waals surface area contributed by atoms with Crippen molar-refractivity contribution in [2.45, 2.75) is 57.9 Å². The normalized spacial score (nSPS) is 16.8. The molecule has 4 nitrogen and oxygen atoms in total. The summed E-state index contributed by atoms with van der Waals surface area (Å²) in [5.74, 6) is 0. The Bertz CT molecular complexity index is 926. The number of nitroso groups, excluding NO2 is 1. The van der Waals surface area contributed by atoms with Gasteiger partial charge in [0.25, 0.3) is 0 Å². The van der Waals surface area contributed by atoms with E-state index in [0.717, 1.165) is 16.8 Å². The average Bonchev–Trinajstić information content (AvgIpc) is 2.64. The van der Waals surface area contributed by atoms with E-state index in [4.69, 9.17) is 0 Å². The lowest BCUT2D eigenvalue weighted by Gasteiger charge is -2.43. The molecule has 0 fully saturated rings. The van der Waals surface area contributed by atoms with Gasteiger partial charge in [0.15, 0.2) is 0 Å². The quantitative estimate of drug-likeness (QED) is 0.576. The number of fused-ring (bicyclic) bond motifs is 1. The Morgan fingerprint density at radius 3 is 1.83 bits per heavy atom. The van der Waals surface area contributed by atoms with Gasteiger partial charge in [-0.25, -0.2) is 0 Å². The van der Waals surface area contributed by atoms with Crippen LogP contribution in [-0.4, -0.2) is 28.2 Å². The number of hydrogen-bond acceptors (Lipinski definition) is 4. The molecule has 3 rings (SSSR count). The summed E-state index contributed by atoms with van der Waals surface area (Å²) < 4.78 is 0. The monoisotopic (exact) mass is 393 g/mol. The topological polar surface area (TPSA) is 35.9 Å². The zero-order valence-corrected chi connectivity index (χ0v) is 19.3. The van der Waals surface area contributed by atoms with Crippen molar-refractivity contribution in [3.63, 3.8) is 0 Å². The lowest BCUT2D eigenvalue weighted by atomic mass is 9.62. The van der Waals surface area contributed by atoms with Crippen molar-refractivity contribution in [1.29, 1.82) is 0 Å². The first-order valence-corrected chi connectivity index (χ1v) is 10.4. The fraction of sp³-hybridized carbons (Fsp3) is 0.520. The van der Waals surface area contributed by atoms with Gasteiger partial charge in [-0.2, -0.15) is 4.91 Å². The van der Waals surface area contributed by atoms with Crippen LogP contribution < -0.4 is 9.80 Å². The maximum Gasteiger partial charge on any atom is 0.106 e. The van der Waals surface area contributed by atoms with Crippen LogP contribution in [-0.2, 0) is 17.4 Å². The lowest BCUT2D eigenvalue weighted by Crippen LogP contribution is -2.34. The molecule has 1 aliphatic rings. The highest BCUT2D eigenvalue weighted by Crippen LogP contribution is 2.50. The first-order valence-electron chi connectivity index (χ1n) is 10.4. The second kappa shape index (κ2) is 7.47. The molecule has 0 N–H and O–H groups in total. The zero-order chi connectivity index (χ0) is 21.6. The highest BCUT2D eigenvalue weighted by atomic mass is 16.3. The van der Waals surface area contributed by atoms with E-state index in [1.165, 1.54) is 35.2 Å². The fourth-order valence-corrected chi connectivity index (χ4v) is 4.55. The molecule has 156 valence electrons. The number of anilines is 2. The molecule has 0 radical (unpaired) electrons. The van der Waals surface area contributed by atoms with Crippen molar-refractivity contribution in [1.82, 2.24) is 0 Å². The van der Waals surface area contributed by atoms with Crippen LogP contribution in [0.25, 0.3) is 11.1 Å². The Hall–Kier alpha value is -2.36. The Morgan fingerprint density at radius 1 is 0.793 bits per heavy atom. The predicted molar refractivity (Wildman–Crippen MR) is 125 cm³/mol. The lowest BCUT2D eigenvalue weighted by molar-refractivity contribution is 0.332. The molecule has 0 aliphatic heterocycles. The first-order chi connectivity index (χ1) is 13.5. The third kappa shape index (κ3) is 3.90. The number of rotatable bonds is 5. The largest absolute Gasteiger partial charge is 0.377 e. The SMILES string of the molecule is CN(C)c1ccc(CN=O)cc1-c1cc2c(cc1N(C)C)C(C)(C)CCC2(C)C. The predicted octanol–water partition coefficient (Wildman–Crippen LogP) is 6.10. The summed E-state index contributed by atoms with van der Waals surface area (Å²) in [6, 6.07) is 11.0. The molecule has 0 amide bonds. The van der Waals surface area contributed by atoms with Gasteiger partial charge in [0.2, 0.25) is 0 Å². The molecule has 2 aromatic rings. The van der Waals surface area contributed by atoms with E-state index in [0.29, 0.717) is 0 Å². The Balaban J connectivity index is 2.36. The minimum atomic E-state index is 0.144. The minimum absolute atomic E-state index is 0.144. The highest BCUT2D eigenvalue weighted by molar-refractivity contribution is 5.88. The van der Waals surface area contributed by atoms with Gasteiger partial charge in [-0.3, -0.25) is 0 Å². The van der Waals surface area contributed by atoms with E-state index in [-0.39, 0.29) is 17.4 Å². The van der Waals surface area contributed by atoms with Crippen LogP contribution in [0.5, 0.6) is 0 Å². The van der Waals surface area contributed by atoms with Gasteiger partial charge in [0, 0.05) is 50.7 Å². The van der Waals surface area contributed by atoms with Crippen LogP contribution in [0.1, 0.15) is 57.2 Å². The van der Waals surface area contributed by atoms with Gasteiger partial charge in [-0.15, -0.1) is 0 Å². The molecule has 0 heterocycles. The smallest absolute Gasteiger partial charge is 0.106 e. The molecule has 0 saturated heterocycles. The molecule has 0 atom stereocenters. The summed E-state index contributed by atoms with van der Waals surface area (Å²) >= 11 is 0. The van der Waals surface area contributed by atoms with Crippen LogP contribution >= 0.6 is 0 Å². The fourth-order valence-electron chi connectivity index (χ4n) is 4.55. The van der Waals surface area contributed by atoms with Crippen LogP contribution in [0, 0.1) is 4.91 Å². The number of nitrogens with zero attached hydrogens (tertiary/aromatic N) is 3. The van der Waals surface area contributed by atoms with Gasteiger partial charge in [0.05, 0.1) is 0 Å². The van der Waals surface area contributed by atoms with E-state index in [1.807, 2.05) is 6.07 Å². The summed E-state index contributed by atoms with van der Waals surface area (Å²) in [6.45, 7) is 9.64. The Kier molecular flexibility index (Phi) is 5.50. The van der Waals surface area contributed by atoms with Crippen LogP contribution in [0.15, 0.2) is 35.5 Å². The highest BCUT2D eigenvalue weighted by Gasteiger charge is 2.38. The standard InChI is InChI=1S/C25H35N3O/c1-24(2)11-12-25(3,4)21-15-23(28(7)8)19(14-20(21)24)18-13-17(16-26-29)9-10-22(18)27(5)6/h9-10,13-15H,11-12,16H2,1-8H3. The summed E-state index contributed by atoms with van der Waals surface area (Å²) in [5.41, 5.74) is 8.90. The van der Waals surface area contributed by atoms with E-state index in [2.05, 4.69) is 95.1 Å². The first kappa shape index (κ1) is 21.4. The van der Waals surface area contributed by atoms with E-state index in [9.17, 15) is 4.91 Å². The van der Waals surface area contributed by atoms with Gasteiger partial charge in [-0.1, -0.05) is 38.9 Å². The average molecular weight is 394 g/mol. The van der Waals surface area contributed by atoms with Crippen molar-refractivity contribution in [3.05, 3.63) is 51.9 Å². The molecule has 0 spiro atoms. The second-order valence-corrected chi connectivity index (χ2v) is 10.1. The summed E-state index contributed by atoms with van der Waals surface area (Å²) in [6.07, 6.45) is 2.38. The molecule has 4 heteroatoms. The minimum Gasteiger partial charge on any atom is -0.377 e. The maximum atomic E-state index is 10.9. The second-order valence-electron chi connectivity index (χ2n) is 10.1. The summed E-state index contributed by atoms with van der Waals surface area (Å²) in [5, 5.41) is 3.11. The molecule has 1 aliphatic carbocycles. The molecule has 0 aromatic heterocycles. The number of hydrogen-bond donors (Lipinski definition) is 0. The van der Waals surface area contributed by atoms with Crippen molar-refractivity contribution < 1.29 is 0 Å². The molecule has 0 unspecified atom stereocenters. The van der Waals surface area contributed by atoms with Crippen molar-refractivity contribution in [3.8, 4) is 11.1 Å². The summed E-state index contributed by atoms with van der Waals surface area (Å²) in [4.78, 5) is 15.2. The van der Waals surface area contributed by atoms with E-state index in [1.54, 1.807) is 0 Å². The van der Waals surface area contributed by atoms with Crippen LogP contribution in [0.3, 0.4) is 0 Å². The molecular formula is C25H35N3O. The van der Waals surface area contributed by atoms with Gasteiger partial charge in [-0.05, 0) is 64.6 Å². The summed E-state index contributed by atoms with van der Waals surface area (Å²) in [7, 11) is 8.35. The van der Waals surface area contributed by atoms with E-state index < -0.39 is 0 Å². The maximum absolute atomic E-state index is 10.9. The van der Waals surface area contributed by atoms with Gasteiger partial charge >= 0.3 is 0 Å². The molecule has 2 aromatic carbocycles. The van der Waals surface area contributed by atoms with E-state index >= 15 is 0 Å². The van der Waals surface area contributed by atoms with Crippen LogP contribution in [0.4, 0.5) is 11.4 Å². The Labute approximate surface area is 175 Å². The molecule has 0 bridgehead atoms. The van der Waals surface area contributed by atoms with Crippen molar-refractivity contribution in [2.75, 3.05) is 38.0 Å². The molecule has 29 heavy (non-hydrogen) atoms. The van der Waals surface area contributed by atoms with Crippen molar-refractivity contribution >= 4 is 11.4 Å². The third-order valence-corrected chi connectivity index (χ3v) is 6.53. The van der Waals surface area contributed by atoms with Gasteiger partial charge < -0.3 is 9.80 Å². The zero-order valence-electron chi connectivity index (χ0n) is 19.3.